The normalized spacial score (nSPS) is 20.2. The van der Waals surface area contributed by atoms with Gasteiger partial charge >= 0.3 is 0 Å². The molecule has 2 fully saturated rings. The number of hydrogen-bond donors (Lipinski definition) is 1. The summed E-state index contributed by atoms with van der Waals surface area (Å²) in [5.41, 5.74) is 1.00. The Morgan fingerprint density at radius 2 is 2.16 bits per heavy atom. The molecule has 1 aromatic carbocycles. The number of aromatic nitrogens is 2. The Morgan fingerprint density at radius 3 is 2.88 bits per heavy atom. The van der Waals surface area contributed by atoms with Crippen molar-refractivity contribution in [3.63, 3.8) is 0 Å². The topological polar surface area (TPSA) is 75.2 Å². The van der Waals surface area contributed by atoms with E-state index < -0.39 is 5.92 Å². The molecule has 0 radical (unpaired) electrons. The predicted octanol–water partition coefficient (Wildman–Crippen LogP) is 2.85. The zero-order valence-electron chi connectivity index (χ0n) is 13.7. The first kappa shape index (κ1) is 16.1. The third-order valence-electron chi connectivity index (χ3n) is 4.56. The van der Waals surface area contributed by atoms with Crippen LogP contribution in [0.2, 0.25) is 0 Å². The van der Waals surface area contributed by atoms with Crippen LogP contribution in [0, 0.1) is 18.7 Å². The van der Waals surface area contributed by atoms with Gasteiger partial charge in [-0.1, -0.05) is 17.4 Å². The van der Waals surface area contributed by atoms with Crippen molar-refractivity contribution in [3.8, 4) is 0 Å². The van der Waals surface area contributed by atoms with Gasteiger partial charge in [-0.2, -0.15) is 0 Å². The van der Waals surface area contributed by atoms with Crippen LogP contribution in [0.3, 0.4) is 0 Å². The van der Waals surface area contributed by atoms with Crippen molar-refractivity contribution < 1.29 is 14.0 Å². The summed E-state index contributed by atoms with van der Waals surface area (Å²) < 4.78 is 13.7. The molecule has 25 heavy (non-hydrogen) atoms. The molecular weight excluding hydrogens is 343 g/mol. The van der Waals surface area contributed by atoms with Crippen molar-refractivity contribution >= 4 is 34.0 Å². The molecule has 0 spiro atoms. The second kappa shape index (κ2) is 6.18. The molecular formula is C17H17FN4O2S. The van der Waals surface area contributed by atoms with Crippen LogP contribution in [-0.4, -0.2) is 28.6 Å². The number of halogens is 1. The Kier molecular flexibility index (Phi) is 3.99. The summed E-state index contributed by atoms with van der Waals surface area (Å²) >= 11 is 1.39. The lowest BCUT2D eigenvalue weighted by Gasteiger charge is -2.17. The molecule has 8 heteroatoms. The molecule has 1 atom stereocenters. The van der Waals surface area contributed by atoms with E-state index in [0.29, 0.717) is 22.3 Å². The maximum Gasteiger partial charge on any atom is 0.231 e. The lowest BCUT2D eigenvalue weighted by Crippen LogP contribution is -2.28. The van der Waals surface area contributed by atoms with Crippen molar-refractivity contribution in [1.29, 1.82) is 0 Å². The van der Waals surface area contributed by atoms with E-state index in [1.807, 2.05) is 0 Å². The number of hydrogen-bond acceptors (Lipinski definition) is 5. The lowest BCUT2D eigenvalue weighted by molar-refractivity contribution is -0.122. The summed E-state index contributed by atoms with van der Waals surface area (Å²) in [6.45, 7) is 1.90. The number of amides is 2. The molecule has 2 aromatic rings. The highest BCUT2D eigenvalue weighted by atomic mass is 32.1. The highest BCUT2D eigenvalue weighted by molar-refractivity contribution is 7.15. The van der Waals surface area contributed by atoms with Gasteiger partial charge < -0.3 is 10.2 Å². The van der Waals surface area contributed by atoms with Crippen LogP contribution in [-0.2, 0) is 9.59 Å². The minimum Gasteiger partial charge on any atom is -0.311 e. The van der Waals surface area contributed by atoms with Crippen molar-refractivity contribution in [2.45, 2.75) is 32.1 Å². The van der Waals surface area contributed by atoms with Gasteiger partial charge in [0.2, 0.25) is 16.9 Å². The quantitative estimate of drug-likeness (QED) is 0.910. The van der Waals surface area contributed by atoms with E-state index in [1.165, 1.54) is 22.3 Å². The van der Waals surface area contributed by atoms with Gasteiger partial charge in [-0.15, -0.1) is 10.2 Å². The lowest BCUT2D eigenvalue weighted by atomic mass is 10.1. The third-order valence-corrected chi connectivity index (χ3v) is 5.56. The molecule has 4 rings (SSSR count). The molecule has 130 valence electrons. The molecule has 1 saturated carbocycles. The standard InChI is InChI=1S/C17H17FN4O2S/c1-9-2-5-12(7-13(9)18)22-8-11(6-14(22)23)15(24)19-17-21-20-16(25-17)10-3-4-10/h2,5,7,10-11H,3-4,6,8H2,1H3,(H,19,21,24). The summed E-state index contributed by atoms with van der Waals surface area (Å²) in [6.07, 6.45) is 2.36. The first-order valence-corrected chi connectivity index (χ1v) is 9.03. The molecule has 2 heterocycles. The van der Waals surface area contributed by atoms with Crippen LogP contribution < -0.4 is 10.2 Å². The molecule has 2 amide bonds. The van der Waals surface area contributed by atoms with Gasteiger partial charge in [0.05, 0.1) is 5.92 Å². The van der Waals surface area contributed by atoms with Crippen molar-refractivity contribution in [1.82, 2.24) is 10.2 Å². The number of carbonyl (C=O) groups excluding carboxylic acids is 2. The van der Waals surface area contributed by atoms with Crippen molar-refractivity contribution in [2.75, 3.05) is 16.8 Å². The van der Waals surface area contributed by atoms with Crippen LogP contribution in [0.15, 0.2) is 18.2 Å². The predicted molar refractivity (Wildman–Crippen MR) is 92.1 cm³/mol. The number of anilines is 2. The number of benzene rings is 1. The van der Waals surface area contributed by atoms with Crippen LogP contribution >= 0.6 is 11.3 Å². The number of nitrogens with one attached hydrogen (secondary N) is 1. The second-order valence-electron chi connectivity index (χ2n) is 6.55. The van der Waals surface area contributed by atoms with E-state index in [9.17, 15) is 14.0 Å². The van der Waals surface area contributed by atoms with Gasteiger partial charge in [0.25, 0.3) is 0 Å². The monoisotopic (exact) mass is 360 g/mol. The molecule has 1 aliphatic heterocycles. The molecule has 0 bridgehead atoms. The van der Waals surface area contributed by atoms with E-state index in [4.69, 9.17) is 0 Å². The Labute approximate surface area is 148 Å². The van der Waals surface area contributed by atoms with Crippen molar-refractivity contribution in [2.24, 2.45) is 5.92 Å². The van der Waals surface area contributed by atoms with Gasteiger partial charge in [-0.05, 0) is 37.5 Å². The number of aryl methyl sites for hydroxylation is 1. The molecule has 1 saturated heterocycles. The van der Waals surface area contributed by atoms with Crippen LogP contribution in [0.4, 0.5) is 15.2 Å². The Hall–Kier alpha value is -2.35. The average Bonchev–Trinajstić information content (AvgIpc) is 3.21. The van der Waals surface area contributed by atoms with Crippen LogP contribution in [0.1, 0.15) is 35.8 Å². The van der Waals surface area contributed by atoms with Gasteiger partial charge in [0.15, 0.2) is 0 Å². The fourth-order valence-corrected chi connectivity index (χ4v) is 3.79. The summed E-state index contributed by atoms with van der Waals surface area (Å²) in [4.78, 5) is 26.1. The number of rotatable bonds is 4. The number of carbonyl (C=O) groups is 2. The SMILES string of the molecule is Cc1ccc(N2CC(C(=O)Nc3nnc(C4CC4)s3)CC2=O)cc1F. The van der Waals surface area contributed by atoms with Gasteiger partial charge in [-0.25, -0.2) is 4.39 Å². The number of nitrogens with zero attached hydrogens (tertiary/aromatic N) is 3. The summed E-state index contributed by atoms with van der Waals surface area (Å²) in [5.74, 6) is -0.783. The first-order valence-electron chi connectivity index (χ1n) is 8.22. The summed E-state index contributed by atoms with van der Waals surface area (Å²) in [6, 6.07) is 4.66. The molecule has 6 nitrogen and oxygen atoms in total. The summed E-state index contributed by atoms with van der Waals surface area (Å²) in [7, 11) is 0. The smallest absolute Gasteiger partial charge is 0.231 e. The van der Waals surface area contributed by atoms with Crippen molar-refractivity contribution in [3.05, 3.63) is 34.6 Å². The average molecular weight is 360 g/mol. The maximum absolute atomic E-state index is 13.7. The van der Waals surface area contributed by atoms with E-state index in [-0.39, 0.29) is 30.6 Å². The van der Waals surface area contributed by atoms with Crippen LogP contribution in [0.5, 0.6) is 0 Å². The Balaban J connectivity index is 1.43. The first-order chi connectivity index (χ1) is 12.0. The zero-order valence-corrected chi connectivity index (χ0v) is 14.5. The largest absolute Gasteiger partial charge is 0.311 e. The Morgan fingerprint density at radius 1 is 1.36 bits per heavy atom. The van der Waals surface area contributed by atoms with E-state index >= 15 is 0 Å². The minimum absolute atomic E-state index is 0.107. The molecule has 2 aliphatic rings. The Bertz CT molecular complexity index is 849. The molecule has 1 unspecified atom stereocenters. The fraction of sp³-hybridized carbons (Fsp3) is 0.412. The second-order valence-corrected chi connectivity index (χ2v) is 7.56. The fourth-order valence-electron chi connectivity index (χ4n) is 2.87. The highest BCUT2D eigenvalue weighted by Crippen LogP contribution is 2.42. The van der Waals surface area contributed by atoms with E-state index in [2.05, 4.69) is 15.5 Å². The van der Waals surface area contributed by atoms with E-state index in [1.54, 1.807) is 19.1 Å². The van der Waals surface area contributed by atoms with Gasteiger partial charge in [0, 0.05) is 24.6 Å². The molecule has 1 N–H and O–H groups in total. The zero-order chi connectivity index (χ0) is 17.6. The van der Waals surface area contributed by atoms with Crippen LogP contribution in [0.25, 0.3) is 0 Å². The summed E-state index contributed by atoms with van der Waals surface area (Å²) in [5, 5.41) is 12.3. The van der Waals surface area contributed by atoms with Gasteiger partial charge in [-0.3, -0.25) is 9.59 Å². The molecule has 1 aliphatic carbocycles. The van der Waals surface area contributed by atoms with Gasteiger partial charge in [0.1, 0.15) is 10.8 Å². The highest BCUT2D eigenvalue weighted by Gasteiger charge is 2.36. The third kappa shape index (κ3) is 3.26. The molecule has 1 aromatic heterocycles. The van der Waals surface area contributed by atoms with E-state index in [0.717, 1.165) is 17.8 Å². The maximum atomic E-state index is 13.7. The minimum atomic E-state index is -0.481.